The van der Waals surface area contributed by atoms with Gasteiger partial charge in [0, 0.05) is 17.5 Å². The molecule has 0 bridgehead atoms. The summed E-state index contributed by atoms with van der Waals surface area (Å²) >= 11 is 5.67. The van der Waals surface area contributed by atoms with Gasteiger partial charge in [0.15, 0.2) is 17.3 Å². The molecule has 0 aliphatic carbocycles. The number of benzene rings is 1. The molecule has 7 nitrogen and oxygen atoms in total. The topological polar surface area (TPSA) is 105 Å². The van der Waals surface area contributed by atoms with Crippen LogP contribution in [0, 0.1) is 10.1 Å². The summed E-state index contributed by atoms with van der Waals surface area (Å²) in [6.07, 6.45) is 5.44. The molecule has 8 heteroatoms. The number of rotatable bonds is 11. The molecule has 0 unspecified atom stereocenters. The van der Waals surface area contributed by atoms with Gasteiger partial charge >= 0.3 is 0 Å². The van der Waals surface area contributed by atoms with Gasteiger partial charge in [0.05, 0.1) is 24.2 Å². The maximum absolute atomic E-state index is 12.9. The average Bonchev–Trinajstić information content (AvgIpc) is 2.71. The van der Waals surface area contributed by atoms with E-state index >= 15 is 0 Å². The largest absolute Gasteiger partial charge is 0.490 e. The van der Waals surface area contributed by atoms with Crippen LogP contribution in [0.5, 0.6) is 11.5 Å². The summed E-state index contributed by atoms with van der Waals surface area (Å²) in [4.78, 5) is 23.8. The van der Waals surface area contributed by atoms with Gasteiger partial charge in [-0.2, -0.15) is 0 Å². The van der Waals surface area contributed by atoms with Crippen LogP contribution in [0.1, 0.15) is 37.6 Å². The SMILES string of the molecule is C=C(/C=C\C(=C/C)C(=O)c1cc(OCC)c(OCC)cc1[N+](=O)[O-])CCCl.CN. The standard InChI is InChI=1S/C20H24ClNO5.CH5N/c1-5-15(9-8-14(4)10-11-21)20(23)16-12-18(26-6-2)19(27-7-3)13-17(16)22(24)25;1-2/h5,8-9,12-13H,4,6-7,10-11H2,1-3H3;2H2,1H3/b9-8-,15-5+;. The molecule has 0 atom stereocenters. The predicted molar refractivity (Wildman–Crippen MR) is 117 cm³/mol. The quantitative estimate of drug-likeness (QED) is 0.136. The molecule has 0 saturated carbocycles. The van der Waals surface area contributed by atoms with E-state index in [2.05, 4.69) is 12.3 Å². The fourth-order valence-corrected chi connectivity index (χ4v) is 2.53. The van der Waals surface area contributed by atoms with Gasteiger partial charge in [-0.25, -0.2) is 0 Å². The first-order valence-electron chi connectivity index (χ1n) is 9.18. The zero-order chi connectivity index (χ0) is 22.4. The maximum atomic E-state index is 12.9. The number of ether oxygens (including phenoxy) is 2. The highest BCUT2D eigenvalue weighted by atomic mass is 35.5. The molecule has 0 aromatic heterocycles. The number of nitrogens with zero attached hydrogens (tertiary/aromatic N) is 1. The first-order valence-corrected chi connectivity index (χ1v) is 9.71. The number of nitro benzene ring substituents is 1. The molecule has 2 N–H and O–H groups in total. The summed E-state index contributed by atoms with van der Waals surface area (Å²) in [7, 11) is 1.50. The lowest BCUT2D eigenvalue weighted by Crippen LogP contribution is -2.08. The molecule has 0 fully saturated rings. The number of hydrogen-bond acceptors (Lipinski definition) is 6. The van der Waals surface area contributed by atoms with Crippen molar-refractivity contribution in [1.82, 2.24) is 0 Å². The summed E-state index contributed by atoms with van der Waals surface area (Å²) < 4.78 is 10.9. The Morgan fingerprint density at radius 1 is 1.21 bits per heavy atom. The fourth-order valence-electron chi connectivity index (χ4n) is 2.29. The third kappa shape index (κ3) is 8.09. The van der Waals surface area contributed by atoms with Gasteiger partial charge in [0.1, 0.15) is 5.56 Å². The van der Waals surface area contributed by atoms with Crippen LogP contribution in [0.2, 0.25) is 0 Å². The van der Waals surface area contributed by atoms with Crippen LogP contribution in [-0.4, -0.2) is 36.8 Å². The van der Waals surface area contributed by atoms with Crippen LogP contribution >= 0.6 is 11.6 Å². The monoisotopic (exact) mass is 424 g/mol. The van der Waals surface area contributed by atoms with Gasteiger partial charge in [-0.3, -0.25) is 14.9 Å². The third-order valence-electron chi connectivity index (χ3n) is 3.59. The molecule has 0 radical (unpaired) electrons. The second-order valence-corrected chi connectivity index (χ2v) is 5.82. The lowest BCUT2D eigenvalue weighted by atomic mass is 9.99. The van der Waals surface area contributed by atoms with Crippen molar-refractivity contribution < 1.29 is 19.2 Å². The zero-order valence-electron chi connectivity index (χ0n) is 17.4. The smallest absolute Gasteiger partial charge is 0.284 e. The van der Waals surface area contributed by atoms with Crippen LogP contribution in [0.25, 0.3) is 0 Å². The molecule has 0 aliphatic heterocycles. The van der Waals surface area contributed by atoms with E-state index in [0.29, 0.717) is 36.8 Å². The van der Waals surface area contributed by atoms with Gasteiger partial charge in [-0.05, 0) is 34.2 Å². The van der Waals surface area contributed by atoms with E-state index in [9.17, 15) is 14.9 Å². The Morgan fingerprint density at radius 2 is 1.76 bits per heavy atom. The van der Waals surface area contributed by atoms with Crippen LogP contribution in [0.3, 0.4) is 0 Å². The van der Waals surface area contributed by atoms with E-state index in [0.717, 1.165) is 5.57 Å². The molecule has 0 spiro atoms. The second-order valence-electron chi connectivity index (χ2n) is 5.44. The van der Waals surface area contributed by atoms with Crippen LogP contribution < -0.4 is 15.2 Å². The Labute approximate surface area is 177 Å². The highest BCUT2D eigenvalue weighted by Crippen LogP contribution is 2.36. The summed E-state index contributed by atoms with van der Waals surface area (Å²) in [5, 5.41) is 11.5. The van der Waals surface area contributed by atoms with Crippen molar-refractivity contribution in [2.45, 2.75) is 27.2 Å². The number of Topliss-reactive ketones (excluding diaryl/α,β-unsaturated/α-hetero) is 1. The summed E-state index contributed by atoms with van der Waals surface area (Å²) in [5.74, 6) is 0.461. The first kappa shape index (κ1) is 26.4. The number of carbonyl (C=O) groups excluding carboxylic acids is 1. The summed E-state index contributed by atoms with van der Waals surface area (Å²) in [6.45, 7) is 9.72. The normalized spacial score (nSPS) is 10.9. The highest BCUT2D eigenvalue weighted by Gasteiger charge is 2.26. The number of alkyl halides is 1. The van der Waals surface area contributed by atoms with Crippen molar-refractivity contribution in [3.8, 4) is 11.5 Å². The van der Waals surface area contributed by atoms with Crippen LogP contribution in [0.15, 0.2) is 48.1 Å². The Bertz CT molecular complexity index is 773. The van der Waals surface area contributed by atoms with E-state index in [1.807, 2.05) is 0 Å². The van der Waals surface area contributed by atoms with E-state index in [1.54, 1.807) is 39.0 Å². The number of nitrogens with two attached hydrogens (primary N) is 1. The first-order chi connectivity index (χ1) is 13.9. The summed E-state index contributed by atoms with van der Waals surface area (Å²) in [5.41, 5.74) is 5.17. The van der Waals surface area contributed by atoms with Crippen LogP contribution in [0.4, 0.5) is 5.69 Å². The molecular formula is C21H29ClN2O5. The minimum atomic E-state index is -0.602. The van der Waals surface area contributed by atoms with Crippen molar-refractivity contribution in [2.75, 3.05) is 26.1 Å². The lowest BCUT2D eigenvalue weighted by molar-refractivity contribution is -0.385. The lowest BCUT2D eigenvalue weighted by Gasteiger charge is -2.13. The molecule has 0 aliphatic rings. The minimum absolute atomic E-state index is 0.0624. The van der Waals surface area contributed by atoms with Gasteiger partial charge in [-0.1, -0.05) is 30.4 Å². The molecule has 0 heterocycles. The van der Waals surface area contributed by atoms with E-state index < -0.39 is 10.7 Å². The van der Waals surface area contributed by atoms with Gasteiger partial charge < -0.3 is 15.2 Å². The third-order valence-corrected chi connectivity index (χ3v) is 3.78. The van der Waals surface area contributed by atoms with Crippen molar-refractivity contribution in [2.24, 2.45) is 5.73 Å². The molecule has 1 rings (SSSR count). The number of nitro groups is 1. The average molecular weight is 425 g/mol. The number of hydrogen-bond donors (Lipinski definition) is 1. The van der Waals surface area contributed by atoms with Crippen LogP contribution in [-0.2, 0) is 0 Å². The molecule has 1 aromatic rings. The summed E-state index contributed by atoms with van der Waals surface area (Å²) in [6, 6.07) is 2.59. The number of ketones is 1. The van der Waals surface area contributed by atoms with E-state index in [1.165, 1.54) is 19.2 Å². The zero-order valence-corrected chi connectivity index (χ0v) is 18.1. The molecule has 160 valence electrons. The molecule has 1 aromatic carbocycles. The van der Waals surface area contributed by atoms with Gasteiger partial charge in [0.2, 0.25) is 0 Å². The Hall–Kier alpha value is -2.64. The van der Waals surface area contributed by atoms with Crippen molar-refractivity contribution >= 4 is 23.1 Å². The second kappa shape index (κ2) is 14.4. The number of carbonyl (C=O) groups is 1. The molecular weight excluding hydrogens is 396 g/mol. The number of halogens is 1. The minimum Gasteiger partial charge on any atom is -0.490 e. The van der Waals surface area contributed by atoms with Crippen molar-refractivity contribution in [3.05, 3.63) is 63.8 Å². The Morgan fingerprint density at radius 3 is 2.21 bits per heavy atom. The molecule has 0 saturated heterocycles. The Balaban J connectivity index is 0.00000379. The number of allylic oxidation sites excluding steroid dienone is 5. The van der Waals surface area contributed by atoms with Crippen molar-refractivity contribution in [3.63, 3.8) is 0 Å². The van der Waals surface area contributed by atoms with Gasteiger partial charge in [0.25, 0.3) is 5.69 Å². The highest BCUT2D eigenvalue weighted by molar-refractivity contribution is 6.18. The maximum Gasteiger partial charge on any atom is 0.284 e. The van der Waals surface area contributed by atoms with Gasteiger partial charge in [-0.15, -0.1) is 11.6 Å². The fraction of sp³-hybridized carbons (Fsp3) is 0.381. The predicted octanol–water partition coefficient (Wildman–Crippen LogP) is 4.84. The molecule has 29 heavy (non-hydrogen) atoms. The molecule has 0 amide bonds. The van der Waals surface area contributed by atoms with Crippen molar-refractivity contribution in [1.29, 1.82) is 0 Å². The van der Waals surface area contributed by atoms with E-state index in [-0.39, 0.29) is 17.0 Å². The Kier molecular flexibility index (Phi) is 13.1. The van der Waals surface area contributed by atoms with E-state index in [4.69, 9.17) is 21.1 Å².